The highest BCUT2D eigenvalue weighted by molar-refractivity contribution is 5.38. The molecule has 1 N–H and O–H groups in total. The van der Waals surface area contributed by atoms with Crippen LogP contribution in [-0.2, 0) is 6.42 Å². The zero-order chi connectivity index (χ0) is 15.7. The maximum absolute atomic E-state index is 5.30. The van der Waals surface area contributed by atoms with E-state index >= 15 is 0 Å². The molecule has 0 saturated heterocycles. The summed E-state index contributed by atoms with van der Waals surface area (Å²) in [5, 5.41) is 3.44. The van der Waals surface area contributed by atoms with Gasteiger partial charge in [0.2, 0.25) is 0 Å². The summed E-state index contributed by atoms with van der Waals surface area (Å²) in [6.45, 7) is 7.58. The molecular formula is C17H30N2O2. The Morgan fingerprint density at radius 1 is 1.05 bits per heavy atom. The smallest absolute Gasteiger partial charge is 0.122 e. The fraction of sp³-hybridized carbons (Fsp3) is 0.647. The molecule has 0 unspecified atom stereocenters. The van der Waals surface area contributed by atoms with Crippen LogP contribution in [0.5, 0.6) is 11.5 Å². The van der Waals surface area contributed by atoms with E-state index in [9.17, 15) is 0 Å². The number of rotatable bonds is 10. The van der Waals surface area contributed by atoms with Crippen molar-refractivity contribution in [1.82, 2.24) is 10.2 Å². The first kappa shape index (κ1) is 17.8. The van der Waals surface area contributed by atoms with Crippen LogP contribution in [-0.4, -0.2) is 51.8 Å². The predicted molar refractivity (Wildman–Crippen MR) is 88.5 cm³/mol. The summed E-state index contributed by atoms with van der Waals surface area (Å²) >= 11 is 0. The van der Waals surface area contributed by atoms with Crippen LogP contribution < -0.4 is 14.8 Å². The Balaban J connectivity index is 2.34. The van der Waals surface area contributed by atoms with Gasteiger partial charge in [0.1, 0.15) is 11.5 Å². The molecule has 0 bridgehead atoms. The van der Waals surface area contributed by atoms with Gasteiger partial charge in [0, 0.05) is 25.2 Å². The van der Waals surface area contributed by atoms with Crippen molar-refractivity contribution < 1.29 is 9.47 Å². The summed E-state index contributed by atoms with van der Waals surface area (Å²) in [5.41, 5.74) is 1.26. The molecule has 0 aliphatic heterocycles. The van der Waals surface area contributed by atoms with E-state index in [-0.39, 0.29) is 0 Å². The zero-order valence-corrected chi connectivity index (χ0v) is 14.1. The molecular weight excluding hydrogens is 264 g/mol. The number of nitrogens with one attached hydrogen (secondary N) is 1. The highest BCUT2D eigenvalue weighted by Crippen LogP contribution is 2.23. The second-order valence-corrected chi connectivity index (χ2v) is 5.74. The first-order valence-electron chi connectivity index (χ1n) is 7.69. The van der Waals surface area contributed by atoms with E-state index in [1.807, 2.05) is 6.07 Å². The third kappa shape index (κ3) is 7.34. The number of methoxy groups -OCH3 is 2. The van der Waals surface area contributed by atoms with E-state index in [1.165, 1.54) is 5.56 Å². The second kappa shape index (κ2) is 9.64. The van der Waals surface area contributed by atoms with Gasteiger partial charge >= 0.3 is 0 Å². The fourth-order valence-electron chi connectivity index (χ4n) is 2.22. The van der Waals surface area contributed by atoms with Gasteiger partial charge in [0.05, 0.1) is 14.2 Å². The van der Waals surface area contributed by atoms with Crippen LogP contribution in [0, 0.1) is 0 Å². The number of nitrogens with zero attached hydrogens (tertiary/aromatic N) is 1. The number of benzene rings is 1. The van der Waals surface area contributed by atoms with Crippen LogP contribution >= 0.6 is 0 Å². The largest absolute Gasteiger partial charge is 0.497 e. The van der Waals surface area contributed by atoms with Crippen molar-refractivity contribution in [2.75, 3.05) is 40.9 Å². The molecule has 0 fully saturated rings. The van der Waals surface area contributed by atoms with Crippen molar-refractivity contribution in [3.8, 4) is 11.5 Å². The van der Waals surface area contributed by atoms with Crippen molar-refractivity contribution in [2.24, 2.45) is 0 Å². The summed E-state index contributed by atoms with van der Waals surface area (Å²) in [6, 6.07) is 6.64. The van der Waals surface area contributed by atoms with Crippen molar-refractivity contribution in [3.05, 3.63) is 23.8 Å². The van der Waals surface area contributed by atoms with Gasteiger partial charge in [0.15, 0.2) is 0 Å². The third-order valence-electron chi connectivity index (χ3n) is 3.46. The van der Waals surface area contributed by atoms with Crippen molar-refractivity contribution in [3.63, 3.8) is 0 Å². The van der Waals surface area contributed by atoms with Crippen molar-refractivity contribution in [1.29, 1.82) is 0 Å². The number of ether oxygens (including phenoxy) is 2. The molecule has 0 aliphatic carbocycles. The molecule has 0 aliphatic rings. The van der Waals surface area contributed by atoms with Crippen molar-refractivity contribution >= 4 is 0 Å². The highest BCUT2D eigenvalue weighted by atomic mass is 16.5. The highest BCUT2D eigenvalue weighted by Gasteiger charge is 2.03. The van der Waals surface area contributed by atoms with Gasteiger partial charge in [-0.3, -0.25) is 0 Å². The Hall–Kier alpha value is -1.26. The van der Waals surface area contributed by atoms with Gasteiger partial charge in [-0.1, -0.05) is 13.8 Å². The first-order valence-corrected chi connectivity index (χ1v) is 7.69. The van der Waals surface area contributed by atoms with E-state index in [2.05, 4.69) is 43.2 Å². The molecule has 1 aromatic rings. The minimum absolute atomic E-state index is 0.558. The Labute approximate surface area is 129 Å². The molecule has 0 radical (unpaired) electrons. The van der Waals surface area contributed by atoms with E-state index in [0.29, 0.717) is 6.04 Å². The molecule has 1 rings (SSSR count). The van der Waals surface area contributed by atoms with Crippen LogP contribution in [0.2, 0.25) is 0 Å². The molecule has 4 heteroatoms. The van der Waals surface area contributed by atoms with Crippen molar-refractivity contribution in [2.45, 2.75) is 32.7 Å². The van der Waals surface area contributed by atoms with Gasteiger partial charge in [0.25, 0.3) is 0 Å². The van der Waals surface area contributed by atoms with Crippen LogP contribution in [0.15, 0.2) is 18.2 Å². The molecule has 0 saturated carbocycles. The van der Waals surface area contributed by atoms with E-state index in [1.54, 1.807) is 14.2 Å². The number of likely N-dealkylation sites (N-methyl/N-ethyl adjacent to an activating group) is 1. The molecule has 0 spiro atoms. The molecule has 0 aromatic heterocycles. The number of hydrogen-bond donors (Lipinski definition) is 1. The lowest BCUT2D eigenvalue weighted by atomic mass is 10.1. The topological polar surface area (TPSA) is 33.7 Å². The lowest BCUT2D eigenvalue weighted by Crippen LogP contribution is -2.33. The normalized spacial score (nSPS) is 11.2. The predicted octanol–water partition coefficient (Wildman–Crippen LogP) is 2.57. The van der Waals surface area contributed by atoms with Crippen LogP contribution in [0.25, 0.3) is 0 Å². The second-order valence-electron chi connectivity index (χ2n) is 5.74. The van der Waals surface area contributed by atoms with E-state index in [0.717, 1.165) is 44.0 Å². The number of hydrogen-bond acceptors (Lipinski definition) is 4. The summed E-state index contributed by atoms with van der Waals surface area (Å²) in [7, 11) is 5.55. The van der Waals surface area contributed by atoms with E-state index < -0.39 is 0 Å². The minimum Gasteiger partial charge on any atom is -0.497 e. The summed E-state index contributed by atoms with van der Waals surface area (Å²) in [5.74, 6) is 1.72. The lowest BCUT2D eigenvalue weighted by molar-refractivity contribution is 0.322. The average molecular weight is 294 g/mol. The van der Waals surface area contributed by atoms with Crippen LogP contribution in [0.3, 0.4) is 0 Å². The van der Waals surface area contributed by atoms with Crippen LogP contribution in [0.1, 0.15) is 25.8 Å². The van der Waals surface area contributed by atoms with Gasteiger partial charge in [-0.15, -0.1) is 0 Å². The van der Waals surface area contributed by atoms with Gasteiger partial charge in [-0.25, -0.2) is 0 Å². The van der Waals surface area contributed by atoms with Gasteiger partial charge < -0.3 is 19.7 Å². The Kier molecular flexibility index (Phi) is 8.16. The molecule has 0 heterocycles. The Bertz CT molecular complexity index is 386. The maximum atomic E-state index is 5.30. The summed E-state index contributed by atoms with van der Waals surface area (Å²) < 4.78 is 10.6. The molecule has 0 atom stereocenters. The third-order valence-corrected chi connectivity index (χ3v) is 3.46. The van der Waals surface area contributed by atoms with Crippen LogP contribution in [0.4, 0.5) is 0 Å². The van der Waals surface area contributed by atoms with Gasteiger partial charge in [-0.2, -0.15) is 0 Å². The molecule has 0 amide bonds. The standard InChI is InChI=1S/C17H30N2O2/c1-14(2)18-8-10-19(3)9-6-7-15-11-16(20-4)13-17(12-15)21-5/h11-14,18H,6-10H2,1-5H3. The number of aryl methyl sites for hydroxylation is 1. The van der Waals surface area contributed by atoms with Gasteiger partial charge in [-0.05, 0) is 44.1 Å². The SMILES string of the molecule is COc1cc(CCCN(C)CCNC(C)C)cc(OC)c1. The zero-order valence-electron chi connectivity index (χ0n) is 14.1. The Morgan fingerprint density at radius 3 is 2.19 bits per heavy atom. The van der Waals surface area contributed by atoms with E-state index in [4.69, 9.17) is 9.47 Å². The summed E-state index contributed by atoms with van der Waals surface area (Å²) in [6.07, 6.45) is 2.17. The molecule has 4 nitrogen and oxygen atoms in total. The maximum Gasteiger partial charge on any atom is 0.122 e. The first-order chi connectivity index (χ1) is 10.0. The molecule has 1 aromatic carbocycles. The lowest BCUT2D eigenvalue weighted by Gasteiger charge is -2.18. The molecule has 21 heavy (non-hydrogen) atoms. The minimum atomic E-state index is 0.558. The quantitative estimate of drug-likeness (QED) is 0.719. The average Bonchev–Trinajstić information content (AvgIpc) is 2.46. The fourth-order valence-corrected chi connectivity index (χ4v) is 2.22. The Morgan fingerprint density at radius 2 is 1.67 bits per heavy atom. The molecule has 120 valence electrons. The monoisotopic (exact) mass is 294 g/mol. The summed E-state index contributed by atoms with van der Waals surface area (Å²) in [4.78, 5) is 2.37.